The normalized spacial score (nSPS) is 10.7. The lowest BCUT2D eigenvalue weighted by atomic mass is 10.1. The molecule has 0 radical (unpaired) electrons. The zero-order valence-corrected chi connectivity index (χ0v) is 18.6. The fourth-order valence-corrected chi connectivity index (χ4v) is 4.45. The summed E-state index contributed by atoms with van der Waals surface area (Å²) < 4.78 is 1.96. The molecular formula is C23H21N5OS2. The molecule has 4 aromatic rings. The molecule has 2 aromatic heterocycles. The Balaban J connectivity index is 1.42. The predicted octanol–water partition coefficient (Wildman–Crippen LogP) is 5.29. The Morgan fingerprint density at radius 3 is 2.65 bits per heavy atom. The van der Waals surface area contributed by atoms with Crippen LogP contribution in [0.3, 0.4) is 0 Å². The molecule has 0 aliphatic rings. The highest BCUT2D eigenvalue weighted by Gasteiger charge is 2.15. The minimum Gasteiger partial charge on any atom is -0.301 e. The third-order valence-corrected chi connectivity index (χ3v) is 6.22. The van der Waals surface area contributed by atoms with Crippen LogP contribution in [0, 0.1) is 6.92 Å². The van der Waals surface area contributed by atoms with Gasteiger partial charge in [0.15, 0.2) is 16.1 Å². The molecule has 1 amide bonds. The van der Waals surface area contributed by atoms with Gasteiger partial charge in [-0.2, -0.15) is 0 Å². The maximum absolute atomic E-state index is 12.5. The first kappa shape index (κ1) is 21.0. The summed E-state index contributed by atoms with van der Waals surface area (Å²) in [5, 5.41) is 14.7. The number of carbonyl (C=O) groups is 1. The lowest BCUT2D eigenvalue weighted by molar-refractivity contribution is -0.113. The molecule has 0 atom stereocenters. The molecule has 0 spiro atoms. The summed E-state index contributed by atoms with van der Waals surface area (Å²) >= 11 is 2.75. The number of hydrogen-bond donors (Lipinski definition) is 1. The van der Waals surface area contributed by atoms with E-state index in [1.165, 1.54) is 28.7 Å². The Morgan fingerprint density at radius 1 is 1.13 bits per heavy atom. The van der Waals surface area contributed by atoms with Gasteiger partial charge in [0.05, 0.1) is 11.4 Å². The molecule has 0 bridgehead atoms. The molecule has 156 valence electrons. The van der Waals surface area contributed by atoms with E-state index in [9.17, 15) is 4.79 Å². The number of hydrogen-bond acceptors (Lipinski definition) is 6. The zero-order valence-electron chi connectivity index (χ0n) is 17.0. The van der Waals surface area contributed by atoms with Gasteiger partial charge >= 0.3 is 0 Å². The number of nitrogens with one attached hydrogen (secondary N) is 1. The number of amides is 1. The van der Waals surface area contributed by atoms with E-state index in [1.54, 1.807) is 6.08 Å². The van der Waals surface area contributed by atoms with Crippen molar-refractivity contribution in [3.63, 3.8) is 0 Å². The molecule has 0 fully saturated rings. The molecule has 1 N–H and O–H groups in total. The Bertz CT molecular complexity index is 1180. The highest BCUT2D eigenvalue weighted by Crippen LogP contribution is 2.26. The molecule has 0 saturated heterocycles. The first-order chi connectivity index (χ1) is 15.1. The van der Waals surface area contributed by atoms with Crippen LogP contribution in [0.15, 0.2) is 77.8 Å². The molecular weight excluding hydrogens is 426 g/mol. The van der Waals surface area contributed by atoms with Gasteiger partial charge in [0.1, 0.15) is 0 Å². The number of aryl methyl sites for hydroxylation is 1. The van der Waals surface area contributed by atoms with Gasteiger partial charge in [0.2, 0.25) is 5.91 Å². The highest BCUT2D eigenvalue weighted by atomic mass is 32.2. The van der Waals surface area contributed by atoms with Crippen molar-refractivity contribution in [2.24, 2.45) is 0 Å². The van der Waals surface area contributed by atoms with Crippen molar-refractivity contribution in [2.75, 3.05) is 11.1 Å². The summed E-state index contributed by atoms with van der Waals surface area (Å²) in [5.74, 6) is 0.836. The lowest BCUT2D eigenvalue weighted by Gasteiger charge is -2.08. The summed E-state index contributed by atoms with van der Waals surface area (Å²) in [5.41, 5.74) is 4.03. The molecule has 8 heteroatoms. The van der Waals surface area contributed by atoms with Gasteiger partial charge in [-0.05, 0) is 6.92 Å². The summed E-state index contributed by atoms with van der Waals surface area (Å²) in [4.78, 5) is 17.0. The zero-order chi connectivity index (χ0) is 21.6. The van der Waals surface area contributed by atoms with E-state index in [-0.39, 0.29) is 11.7 Å². The van der Waals surface area contributed by atoms with Crippen LogP contribution in [0.25, 0.3) is 22.6 Å². The first-order valence-corrected chi connectivity index (χ1v) is 11.6. The summed E-state index contributed by atoms with van der Waals surface area (Å²) in [6.45, 7) is 6.44. The minimum absolute atomic E-state index is 0.135. The second-order valence-corrected chi connectivity index (χ2v) is 8.61. The number of anilines is 1. The summed E-state index contributed by atoms with van der Waals surface area (Å²) in [7, 11) is 0. The Hall–Kier alpha value is -3.23. The molecule has 2 heterocycles. The van der Waals surface area contributed by atoms with Gasteiger partial charge in [-0.3, -0.25) is 9.36 Å². The van der Waals surface area contributed by atoms with Gasteiger partial charge in [-0.15, -0.1) is 28.1 Å². The standard InChI is InChI=1S/C23H21N5OS2/c1-3-13-28-21(18-11-9-16(2)10-12-18)26-27-23(28)31-15-20(29)25-22-24-19(14-30-22)17-7-5-4-6-8-17/h3-12,14H,1,13,15H2,2H3,(H,24,25,29). The van der Waals surface area contributed by atoms with Crippen LogP contribution in [-0.2, 0) is 11.3 Å². The van der Waals surface area contributed by atoms with Crippen LogP contribution in [0.5, 0.6) is 0 Å². The van der Waals surface area contributed by atoms with Crippen LogP contribution in [0.1, 0.15) is 5.56 Å². The number of aromatic nitrogens is 4. The highest BCUT2D eigenvalue weighted by molar-refractivity contribution is 7.99. The number of rotatable bonds is 8. The van der Waals surface area contributed by atoms with Crippen molar-refractivity contribution in [1.29, 1.82) is 0 Å². The molecule has 31 heavy (non-hydrogen) atoms. The molecule has 0 saturated carbocycles. The van der Waals surface area contributed by atoms with Crippen molar-refractivity contribution in [1.82, 2.24) is 19.7 Å². The topological polar surface area (TPSA) is 72.7 Å². The third kappa shape index (κ3) is 5.10. The van der Waals surface area contributed by atoms with Gasteiger partial charge in [0, 0.05) is 23.1 Å². The quantitative estimate of drug-likeness (QED) is 0.293. The average molecular weight is 448 g/mol. The Morgan fingerprint density at radius 2 is 1.90 bits per heavy atom. The molecule has 4 rings (SSSR count). The Kier molecular flexibility index (Phi) is 6.59. The fourth-order valence-electron chi connectivity index (χ4n) is 2.96. The van der Waals surface area contributed by atoms with Crippen molar-refractivity contribution in [3.05, 3.63) is 78.2 Å². The predicted molar refractivity (Wildman–Crippen MR) is 127 cm³/mol. The molecule has 0 unspecified atom stereocenters. The van der Waals surface area contributed by atoms with Crippen LogP contribution >= 0.6 is 23.1 Å². The van der Waals surface area contributed by atoms with Crippen molar-refractivity contribution in [2.45, 2.75) is 18.6 Å². The number of nitrogens with zero attached hydrogens (tertiary/aromatic N) is 4. The second-order valence-electron chi connectivity index (χ2n) is 6.81. The average Bonchev–Trinajstić information content (AvgIpc) is 3.41. The van der Waals surface area contributed by atoms with E-state index in [4.69, 9.17) is 0 Å². The number of carbonyl (C=O) groups excluding carboxylic acids is 1. The Labute approximate surface area is 189 Å². The van der Waals surface area contributed by atoms with Gasteiger partial charge in [0.25, 0.3) is 0 Å². The van der Waals surface area contributed by atoms with Crippen LogP contribution in [-0.4, -0.2) is 31.4 Å². The van der Waals surface area contributed by atoms with Gasteiger partial charge in [-0.1, -0.05) is 78.0 Å². The van der Waals surface area contributed by atoms with Crippen LogP contribution in [0.2, 0.25) is 0 Å². The summed E-state index contributed by atoms with van der Waals surface area (Å²) in [6.07, 6.45) is 1.80. The number of thiazole rings is 1. The maximum Gasteiger partial charge on any atom is 0.236 e. The van der Waals surface area contributed by atoms with Gasteiger partial charge < -0.3 is 5.32 Å². The largest absolute Gasteiger partial charge is 0.301 e. The number of thioether (sulfide) groups is 1. The van der Waals surface area contributed by atoms with Gasteiger partial charge in [-0.25, -0.2) is 4.98 Å². The molecule has 0 aliphatic carbocycles. The second kappa shape index (κ2) is 9.72. The number of allylic oxidation sites excluding steroid dienone is 1. The van der Waals surface area contributed by atoms with Crippen molar-refractivity contribution >= 4 is 34.1 Å². The third-order valence-electron chi connectivity index (χ3n) is 4.49. The van der Waals surface area contributed by atoms with E-state index in [1.807, 2.05) is 71.5 Å². The van der Waals surface area contributed by atoms with E-state index in [0.717, 1.165) is 22.6 Å². The molecule has 0 aliphatic heterocycles. The molecule has 2 aromatic carbocycles. The van der Waals surface area contributed by atoms with Crippen LogP contribution in [0.4, 0.5) is 5.13 Å². The van der Waals surface area contributed by atoms with E-state index >= 15 is 0 Å². The minimum atomic E-state index is -0.135. The summed E-state index contributed by atoms with van der Waals surface area (Å²) in [6, 6.07) is 18.0. The SMILES string of the molecule is C=CCn1c(SCC(=O)Nc2nc(-c3ccccc3)cs2)nnc1-c1ccc(C)cc1. The van der Waals surface area contributed by atoms with E-state index < -0.39 is 0 Å². The monoisotopic (exact) mass is 447 g/mol. The lowest BCUT2D eigenvalue weighted by Crippen LogP contribution is -2.14. The van der Waals surface area contributed by atoms with Crippen molar-refractivity contribution in [3.8, 4) is 22.6 Å². The first-order valence-electron chi connectivity index (χ1n) is 9.69. The van der Waals surface area contributed by atoms with Crippen LogP contribution < -0.4 is 5.32 Å². The van der Waals surface area contributed by atoms with Crippen molar-refractivity contribution < 1.29 is 4.79 Å². The molecule has 6 nitrogen and oxygen atoms in total. The van der Waals surface area contributed by atoms with E-state index in [0.29, 0.717) is 16.8 Å². The number of benzene rings is 2. The van der Waals surface area contributed by atoms with E-state index in [2.05, 4.69) is 27.1 Å². The smallest absolute Gasteiger partial charge is 0.236 e. The fraction of sp³-hybridized carbons (Fsp3) is 0.130. The maximum atomic E-state index is 12.5.